The molecule has 0 aliphatic heterocycles. The Morgan fingerprint density at radius 2 is 1.74 bits per heavy atom. The molecule has 0 aliphatic carbocycles. The number of hydrogen-bond acceptors (Lipinski definition) is 5. The maximum atomic E-state index is 12.3. The summed E-state index contributed by atoms with van der Waals surface area (Å²) in [5.41, 5.74) is 1.99. The van der Waals surface area contributed by atoms with Gasteiger partial charge in [0.1, 0.15) is 0 Å². The van der Waals surface area contributed by atoms with Crippen molar-refractivity contribution in [2.24, 2.45) is 0 Å². The number of thiophene rings is 1. The number of carbonyl (C=O) groups excluding carboxylic acids is 2. The minimum absolute atomic E-state index is 0.0342. The van der Waals surface area contributed by atoms with Gasteiger partial charge in [0.2, 0.25) is 5.91 Å². The first kappa shape index (κ1) is 22.1. The van der Waals surface area contributed by atoms with Gasteiger partial charge >= 0.3 is 0 Å². The molecule has 2 amide bonds. The second-order valence-corrected chi connectivity index (χ2v) is 7.86. The van der Waals surface area contributed by atoms with Gasteiger partial charge in [0.15, 0.2) is 11.5 Å². The predicted octanol–water partition coefficient (Wildman–Crippen LogP) is 5.45. The lowest BCUT2D eigenvalue weighted by Crippen LogP contribution is -2.11. The Morgan fingerprint density at radius 1 is 0.968 bits per heavy atom. The summed E-state index contributed by atoms with van der Waals surface area (Å²) in [5, 5.41) is 7.47. The molecule has 0 aliphatic rings. The summed E-state index contributed by atoms with van der Waals surface area (Å²) in [7, 11) is 1.58. The Kier molecular flexibility index (Phi) is 7.45. The fourth-order valence-corrected chi connectivity index (χ4v) is 3.39. The number of ether oxygens (including phenoxy) is 2. The molecule has 1 heterocycles. The SMILES string of the molecule is COc1cc(/C=C/C(=O)Nc2cccc(NC(=O)c3cccs3)c2)ccc1OC(C)C. The topological polar surface area (TPSA) is 76.7 Å². The molecule has 3 aromatic rings. The zero-order valence-corrected chi connectivity index (χ0v) is 18.4. The highest BCUT2D eigenvalue weighted by atomic mass is 32.1. The zero-order valence-electron chi connectivity index (χ0n) is 17.5. The van der Waals surface area contributed by atoms with Crippen molar-refractivity contribution >= 4 is 40.6 Å². The van der Waals surface area contributed by atoms with Crippen molar-refractivity contribution in [2.75, 3.05) is 17.7 Å². The van der Waals surface area contributed by atoms with Crippen molar-refractivity contribution in [3.8, 4) is 11.5 Å². The molecule has 31 heavy (non-hydrogen) atoms. The first-order valence-corrected chi connectivity index (χ1v) is 10.6. The second kappa shape index (κ2) is 10.4. The minimum atomic E-state index is -0.289. The zero-order chi connectivity index (χ0) is 22.2. The van der Waals surface area contributed by atoms with Crippen LogP contribution in [-0.4, -0.2) is 25.0 Å². The fraction of sp³-hybridized carbons (Fsp3) is 0.167. The maximum absolute atomic E-state index is 12.3. The van der Waals surface area contributed by atoms with E-state index in [1.165, 1.54) is 17.4 Å². The monoisotopic (exact) mass is 436 g/mol. The van der Waals surface area contributed by atoms with Crippen molar-refractivity contribution in [1.29, 1.82) is 0 Å². The third-order valence-corrected chi connectivity index (χ3v) is 4.98. The smallest absolute Gasteiger partial charge is 0.265 e. The van der Waals surface area contributed by atoms with Crippen LogP contribution in [0.15, 0.2) is 66.1 Å². The van der Waals surface area contributed by atoms with Gasteiger partial charge in [-0.15, -0.1) is 11.3 Å². The number of methoxy groups -OCH3 is 1. The van der Waals surface area contributed by atoms with Crippen LogP contribution in [0.2, 0.25) is 0 Å². The summed E-state index contributed by atoms with van der Waals surface area (Å²) >= 11 is 1.37. The van der Waals surface area contributed by atoms with Gasteiger partial charge in [-0.3, -0.25) is 9.59 Å². The van der Waals surface area contributed by atoms with E-state index in [1.54, 1.807) is 43.5 Å². The highest BCUT2D eigenvalue weighted by Crippen LogP contribution is 2.29. The van der Waals surface area contributed by atoms with Gasteiger partial charge in [-0.05, 0) is 67.3 Å². The Labute approximate surface area is 185 Å². The van der Waals surface area contributed by atoms with Gasteiger partial charge in [-0.2, -0.15) is 0 Å². The standard InChI is InChI=1S/C24H24N2O4S/c1-16(2)30-20-11-9-17(14-21(20)29-3)10-12-23(27)25-18-6-4-7-19(15-18)26-24(28)22-8-5-13-31-22/h4-16H,1-3H3,(H,25,27)(H,26,28)/b12-10+. The summed E-state index contributed by atoms with van der Waals surface area (Å²) in [6, 6.07) is 16.1. The molecule has 2 aromatic carbocycles. The quantitative estimate of drug-likeness (QED) is 0.461. The van der Waals surface area contributed by atoms with E-state index in [2.05, 4.69) is 10.6 Å². The van der Waals surface area contributed by atoms with Crippen LogP contribution in [0.1, 0.15) is 29.1 Å². The van der Waals surface area contributed by atoms with Crippen molar-refractivity contribution < 1.29 is 19.1 Å². The molecule has 6 nitrogen and oxygen atoms in total. The van der Waals surface area contributed by atoms with Crippen LogP contribution < -0.4 is 20.1 Å². The third-order valence-electron chi connectivity index (χ3n) is 4.11. The van der Waals surface area contributed by atoms with E-state index in [4.69, 9.17) is 9.47 Å². The fourth-order valence-electron chi connectivity index (χ4n) is 2.77. The van der Waals surface area contributed by atoms with E-state index in [1.807, 2.05) is 43.5 Å². The van der Waals surface area contributed by atoms with E-state index in [0.29, 0.717) is 27.8 Å². The molecule has 0 atom stereocenters. The first-order valence-electron chi connectivity index (χ1n) is 9.73. The molecule has 0 bridgehead atoms. The number of anilines is 2. The Hall–Kier alpha value is -3.58. The van der Waals surface area contributed by atoms with Crippen LogP contribution in [0.4, 0.5) is 11.4 Å². The van der Waals surface area contributed by atoms with Crippen LogP contribution >= 0.6 is 11.3 Å². The number of hydrogen-bond donors (Lipinski definition) is 2. The lowest BCUT2D eigenvalue weighted by Gasteiger charge is -2.13. The third kappa shape index (κ3) is 6.45. The van der Waals surface area contributed by atoms with E-state index in [-0.39, 0.29) is 17.9 Å². The average Bonchev–Trinajstić information content (AvgIpc) is 3.28. The largest absolute Gasteiger partial charge is 0.493 e. The summed E-state index contributed by atoms with van der Waals surface area (Å²) in [4.78, 5) is 25.1. The molecular weight excluding hydrogens is 412 g/mol. The number of benzene rings is 2. The van der Waals surface area contributed by atoms with E-state index < -0.39 is 0 Å². The highest BCUT2D eigenvalue weighted by Gasteiger charge is 2.08. The lowest BCUT2D eigenvalue weighted by molar-refractivity contribution is -0.111. The van der Waals surface area contributed by atoms with Crippen LogP contribution in [-0.2, 0) is 4.79 Å². The van der Waals surface area contributed by atoms with Gasteiger partial charge in [-0.25, -0.2) is 0 Å². The molecule has 7 heteroatoms. The van der Waals surface area contributed by atoms with E-state index in [9.17, 15) is 9.59 Å². The minimum Gasteiger partial charge on any atom is -0.493 e. The molecule has 0 unspecified atom stereocenters. The molecule has 0 saturated heterocycles. The van der Waals surface area contributed by atoms with Crippen molar-refractivity contribution in [1.82, 2.24) is 0 Å². The Bertz CT molecular complexity index is 1070. The number of nitrogens with one attached hydrogen (secondary N) is 2. The summed E-state index contributed by atoms with van der Waals surface area (Å²) in [5.74, 6) is 0.784. The molecular formula is C24H24N2O4S. The summed E-state index contributed by atoms with van der Waals surface area (Å²) in [6.45, 7) is 3.89. The van der Waals surface area contributed by atoms with Crippen LogP contribution in [0.5, 0.6) is 11.5 Å². The molecule has 3 rings (SSSR count). The van der Waals surface area contributed by atoms with Crippen LogP contribution in [0.25, 0.3) is 6.08 Å². The molecule has 0 fully saturated rings. The predicted molar refractivity (Wildman–Crippen MR) is 125 cm³/mol. The van der Waals surface area contributed by atoms with Gasteiger partial charge in [-0.1, -0.05) is 18.2 Å². The molecule has 2 N–H and O–H groups in total. The number of carbonyl (C=O) groups is 2. The van der Waals surface area contributed by atoms with Gasteiger partial charge in [0, 0.05) is 17.5 Å². The molecule has 0 saturated carbocycles. The number of rotatable bonds is 8. The molecule has 0 radical (unpaired) electrons. The molecule has 160 valence electrons. The van der Waals surface area contributed by atoms with Crippen molar-refractivity contribution in [3.05, 3.63) is 76.5 Å². The van der Waals surface area contributed by atoms with Gasteiger partial charge in [0.25, 0.3) is 5.91 Å². The van der Waals surface area contributed by atoms with Gasteiger partial charge in [0.05, 0.1) is 18.1 Å². The van der Waals surface area contributed by atoms with E-state index in [0.717, 1.165) is 5.56 Å². The average molecular weight is 437 g/mol. The Morgan fingerprint density at radius 3 is 2.42 bits per heavy atom. The van der Waals surface area contributed by atoms with Crippen LogP contribution in [0.3, 0.4) is 0 Å². The summed E-state index contributed by atoms with van der Waals surface area (Å²) < 4.78 is 11.1. The van der Waals surface area contributed by atoms with Gasteiger partial charge < -0.3 is 20.1 Å². The van der Waals surface area contributed by atoms with Crippen LogP contribution in [0, 0.1) is 0 Å². The second-order valence-electron chi connectivity index (χ2n) is 6.91. The normalized spacial score (nSPS) is 10.8. The highest BCUT2D eigenvalue weighted by molar-refractivity contribution is 7.12. The lowest BCUT2D eigenvalue weighted by atomic mass is 10.2. The Balaban J connectivity index is 1.63. The van der Waals surface area contributed by atoms with E-state index >= 15 is 0 Å². The van der Waals surface area contributed by atoms with Crippen molar-refractivity contribution in [2.45, 2.75) is 20.0 Å². The summed E-state index contributed by atoms with van der Waals surface area (Å²) in [6.07, 6.45) is 3.17. The molecule has 1 aromatic heterocycles. The number of amides is 2. The first-order chi connectivity index (χ1) is 14.9. The maximum Gasteiger partial charge on any atom is 0.265 e. The van der Waals surface area contributed by atoms with Crippen molar-refractivity contribution in [3.63, 3.8) is 0 Å². The molecule has 0 spiro atoms.